The molecule has 0 bridgehead atoms. The molecular weight excluding hydrogens is 534 g/mol. The van der Waals surface area contributed by atoms with Crippen LogP contribution in [0.25, 0.3) is 22.3 Å². The molecule has 11 nitrogen and oxygen atoms in total. The van der Waals surface area contributed by atoms with E-state index in [2.05, 4.69) is 15.3 Å². The predicted molar refractivity (Wildman–Crippen MR) is 159 cm³/mol. The first-order valence-corrected chi connectivity index (χ1v) is 14.2. The van der Waals surface area contributed by atoms with Crippen LogP contribution in [0, 0.1) is 0 Å². The van der Waals surface area contributed by atoms with Gasteiger partial charge in [0.25, 0.3) is 0 Å². The Kier molecular flexibility index (Phi) is 7.05. The van der Waals surface area contributed by atoms with E-state index in [1.54, 1.807) is 7.11 Å². The first-order valence-electron chi connectivity index (χ1n) is 14.2. The molecule has 0 saturated heterocycles. The van der Waals surface area contributed by atoms with Gasteiger partial charge in [-0.1, -0.05) is 36.4 Å². The topological polar surface area (TPSA) is 160 Å². The van der Waals surface area contributed by atoms with Crippen molar-refractivity contribution in [2.75, 3.05) is 24.7 Å². The van der Waals surface area contributed by atoms with E-state index in [4.69, 9.17) is 26.0 Å². The summed E-state index contributed by atoms with van der Waals surface area (Å²) in [6.45, 7) is 1.68. The highest BCUT2D eigenvalue weighted by atomic mass is 16.6. The van der Waals surface area contributed by atoms with E-state index >= 15 is 0 Å². The van der Waals surface area contributed by atoms with E-state index < -0.39 is 11.0 Å². The van der Waals surface area contributed by atoms with Gasteiger partial charge >= 0.3 is 5.97 Å². The number of anilines is 2. The van der Waals surface area contributed by atoms with E-state index in [9.17, 15) is 9.59 Å². The van der Waals surface area contributed by atoms with Crippen molar-refractivity contribution in [2.24, 2.45) is 5.73 Å². The zero-order valence-electron chi connectivity index (χ0n) is 23.8. The van der Waals surface area contributed by atoms with Gasteiger partial charge in [0.15, 0.2) is 5.65 Å². The highest BCUT2D eigenvalue weighted by Crippen LogP contribution is 2.49. The highest BCUT2D eigenvalue weighted by Gasteiger charge is 2.51. The predicted octanol–water partition coefficient (Wildman–Crippen LogP) is 4.13. The van der Waals surface area contributed by atoms with Crippen LogP contribution in [0.4, 0.5) is 11.5 Å². The Morgan fingerprint density at radius 2 is 1.81 bits per heavy atom. The fourth-order valence-corrected chi connectivity index (χ4v) is 6.19. The number of benzene rings is 2. The number of aromatic nitrogens is 4. The minimum absolute atomic E-state index is 0.0129. The molecule has 218 valence electrons. The molecule has 0 aliphatic heterocycles. The molecule has 2 saturated carbocycles. The molecule has 1 amide bonds. The molecule has 5 N–H and O–H groups in total. The minimum Gasteiger partial charge on any atom is -0.495 e. The first kappa shape index (κ1) is 27.6. The molecule has 0 radical (unpaired) electrons. The number of hydrogen-bond acceptors (Lipinski definition) is 9. The lowest BCUT2D eigenvalue weighted by atomic mass is 9.82. The second-order valence-corrected chi connectivity index (χ2v) is 11.3. The largest absolute Gasteiger partial charge is 0.495 e. The molecule has 2 aromatic carbocycles. The monoisotopic (exact) mass is 569 g/mol. The maximum atomic E-state index is 13.4. The zero-order chi connectivity index (χ0) is 29.5. The molecule has 42 heavy (non-hydrogen) atoms. The molecule has 11 heteroatoms. The molecule has 2 fully saturated rings. The number of ether oxygens (including phenoxy) is 2. The number of nitrogens with two attached hydrogens (primary N) is 2. The Balaban J connectivity index is 1.30. The van der Waals surface area contributed by atoms with Crippen LogP contribution in [-0.4, -0.2) is 50.9 Å². The third-order valence-electron chi connectivity index (χ3n) is 8.70. The first-order chi connectivity index (χ1) is 20.3. The second kappa shape index (κ2) is 10.7. The van der Waals surface area contributed by atoms with Crippen molar-refractivity contribution >= 4 is 34.4 Å². The summed E-state index contributed by atoms with van der Waals surface area (Å²) in [5.74, 6) is 0.455. The van der Waals surface area contributed by atoms with Crippen LogP contribution >= 0.6 is 0 Å². The maximum Gasteiger partial charge on any atom is 0.303 e. The van der Waals surface area contributed by atoms with Crippen molar-refractivity contribution in [2.45, 2.75) is 62.5 Å². The number of hydrogen-bond donors (Lipinski definition) is 3. The maximum absolute atomic E-state index is 13.4. The van der Waals surface area contributed by atoms with E-state index in [1.807, 2.05) is 53.2 Å². The van der Waals surface area contributed by atoms with Gasteiger partial charge in [-0.25, -0.2) is 14.6 Å². The van der Waals surface area contributed by atoms with Crippen LogP contribution in [0.15, 0.2) is 54.9 Å². The number of esters is 1. The quantitative estimate of drug-likeness (QED) is 0.265. The van der Waals surface area contributed by atoms with Crippen molar-refractivity contribution < 1.29 is 19.1 Å². The molecular formula is C31H35N7O4. The number of nitrogens with zero attached hydrogens (tertiary/aromatic N) is 4. The van der Waals surface area contributed by atoms with Crippen molar-refractivity contribution in [3.05, 3.63) is 60.4 Å². The molecule has 6 rings (SSSR count). The van der Waals surface area contributed by atoms with Crippen molar-refractivity contribution in [3.8, 4) is 17.0 Å². The van der Waals surface area contributed by atoms with Gasteiger partial charge in [-0.3, -0.25) is 9.59 Å². The molecule has 0 atom stereocenters. The summed E-state index contributed by atoms with van der Waals surface area (Å²) >= 11 is 0. The molecule has 2 heterocycles. The summed E-state index contributed by atoms with van der Waals surface area (Å²) in [6.07, 6.45) is 5.71. The molecule has 2 aliphatic rings. The molecule has 0 spiro atoms. The van der Waals surface area contributed by atoms with E-state index in [0.29, 0.717) is 59.7 Å². The Hall–Kier alpha value is -4.51. The lowest BCUT2D eigenvalue weighted by molar-refractivity contribution is -0.160. The molecule has 2 aliphatic carbocycles. The summed E-state index contributed by atoms with van der Waals surface area (Å²) in [4.78, 5) is 33.9. The minimum atomic E-state index is -0.657. The Labute approximate surface area is 243 Å². The van der Waals surface area contributed by atoms with Crippen LogP contribution in [0.3, 0.4) is 0 Å². The number of methoxy groups -OCH3 is 1. The standard InChI is InChI=1S/C31H35N7O4/c1-19(39)42-30(17-32)12-10-22(11-13-30)38-28-25(27(33)34-18-35-28)26(37-38)20-8-9-23(24(16-20)41-2)36-29(40)31(14-15-31)21-6-4-3-5-7-21/h3-9,16,18,22H,10-15,17,32H2,1-2H3,(H,36,40)(H2,33,34,35). The number of amides is 1. The normalized spacial score (nSPS) is 21.1. The van der Waals surface area contributed by atoms with E-state index in [-0.39, 0.29) is 24.5 Å². The second-order valence-electron chi connectivity index (χ2n) is 11.3. The highest BCUT2D eigenvalue weighted by molar-refractivity contribution is 6.03. The van der Waals surface area contributed by atoms with Gasteiger partial charge < -0.3 is 26.3 Å². The van der Waals surface area contributed by atoms with Gasteiger partial charge in [0, 0.05) is 19.0 Å². The van der Waals surface area contributed by atoms with Crippen LogP contribution in [-0.2, 0) is 19.7 Å². The third kappa shape index (κ3) is 4.83. The lowest BCUT2D eigenvalue weighted by Gasteiger charge is -2.38. The van der Waals surface area contributed by atoms with Crippen LogP contribution in [0.2, 0.25) is 0 Å². The summed E-state index contributed by atoms with van der Waals surface area (Å²) in [7, 11) is 1.57. The Bertz CT molecular complexity index is 1640. The van der Waals surface area contributed by atoms with Crippen molar-refractivity contribution in [1.82, 2.24) is 19.7 Å². The Morgan fingerprint density at radius 3 is 2.45 bits per heavy atom. The number of carbonyl (C=O) groups excluding carboxylic acids is 2. The summed E-state index contributed by atoms with van der Waals surface area (Å²) in [5, 5.41) is 8.72. The molecule has 0 unspecified atom stereocenters. The fourth-order valence-electron chi connectivity index (χ4n) is 6.19. The fraction of sp³-hybridized carbons (Fsp3) is 0.387. The number of fused-ring (bicyclic) bond motifs is 1. The summed E-state index contributed by atoms with van der Waals surface area (Å²) in [6, 6.07) is 15.4. The van der Waals surface area contributed by atoms with E-state index in [0.717, 1.165) is 24.0 Å². The number of nitrogens with one attached hydrogen (secondary N) is 1. The lowest BCUT2D eigenvalue weighted by Crippen LogP contribution is -2.45. The number of rotatable bonds is 8. The SMILES string of the molecule is COc1cc(-c2nn(C3CCC(CN)(OC(C)=O)CC3)c3ncnc(N)c23)ccc1NC(=O)C1(c2ccccc2)CC1. The summed E-state index contributed by atoms with van der Waals surface area (Å²) < 4.78 is 13.2. The Morgan fingerprint density at radius 1 is 1.07 bits per heavy atom. The molecule has 4 aromatic rings. The van der Waals surface area contributed by atoms with Gasteiger partial charge in [0.1, 0.15) is 29.2 Å². The average Bonchev–Trinajstić information content (AvgIpc) is 3.73. The van der Waals surface area contributed by atoms with Gasteiger partial charge in [-0.2, -0.15) is 5.10 Å². The number of carbonyl (C=O) groups is 2. The van der Waals surface area contributed by atoms with Crippen LogP contribution in [0.5, 0.6) is 5.75 Å². The summed E-state index contributed by atoms with van der Waals surface area (Å²) in [5.41, 5.74) is 14.8. The van der Waals surface area contributed by atoms with Gasteiger partial charge in [-0.05, 0) is 56.2 Å². The van der Waals surface area contributed by atoms with Gasteiger partial charge in [0.2, 0.25) is 5.91 Å². The van der Waals surface area contributed by atoms with Crippen molar-refractivity contribution in [1.29, 1.82) is 0 Å². The number of nitrogen functional groups attached to an aromatic ring is 1. The third-order valence-corrected chi connectivity index (χ3v) is 8.70. The van der Waals surface area contributed by atoms with Gasteiger partial charge in [0.05, 0.1) is 29.6 Å². The average molecular weight is 570 g/mol. The van der Waals surface area contributed by atoms with Crippen LogP contribution in [0.1, 0.15) is 57.1 Å². The smallest absolute Gasteiger partial charge is 0.303 e. The van der Waals surface area contributed by atoms with Crippen molar-refractivity contribution in [3.63, 3.8) is 0 Å². The zero-order valence-corrected chi connectivity index (χ0v) is 23.8. The van der Waals surface area contributed by atoms with E-state index in [1.165, 1.54) is 13.3 Å². The van der Waals surface area contributed by atoms with Gasteiger partial charge in [-0.15, -0.1) is 0 Å². The molecule has 2 aromatic heterocycles. The van der Waals surface area contributed by atoms with Crippen LogP contribution < -0.4 is 21.5 Å².